The molecule has 1 N–H and O–H groups in total. The van der Waals surface area contributed by atoms with Gasteiger partial charge in [0.1, 0.15) is 0 Å². The highest BCUT2D eigenvalue weighted by molar-refractivity contribution is 5.82. The zero-order chi connectivity index (χ0) is 13.5. The predicted octanol–water partition coefficient (Wildman–Crippen LogP) is 0.807. The summed E-state index contributed by atoms with van der Waals surface area (Å²) in [6.45, 7) is 6.33. The zero-order valence-corrected chi connectivity index (χ0v) is 11.2. The molecule has 0 fully saturated rings. The van der Waals surface area contributed by atoms with Gasteiger partial charge in [0.05, 0.1) is 13.5 Å². The minimum absolute atomic E-state index is 0.0187. The molecule has 0 saturated heterocycles. The van der Waals surface area contributed by atoms with E-state index in [-0.39, 0.29) is 24.9 Å². The maximum absolute atomic E-state index is 12.1. The van der Waals surface area contributed by atoms with Gasteiger partial charge in [-0.3, -0.25) is 9.59 Å². The van der Waals surface area contributed by atoms with Gasteiger partial charge in [0, 0.05) is 25.1 Å². The first kappa shape index (κ1) is 15.9. The normalized spacial score (nSPS) is 11.1. The van der Waals surface area contributed by atoms with Crippen LogP contribution in [0.2, 0.25) is 0 Å². The summed E-state index contributed by atoms with van der Waals surface area (Å²) in [5.41, 5.74) is -0.481. The van der Waals surface area contributed by atoms with Crippen LogP contribution < -0.4 is 0 Å². The Morgan fingerprint density at radius 3 is 2.24 bits per heavy atom. The van der Waals surface area contributed by atoms with E-state index in [2.05, 4.69) is 4.74 Å². The Balaban J connectivity index is 4.42. The Kier molecular flexibility index (Phi) is 6.80. The number of ether oxygens (including phenoxy) is 1. The minimum atomic E-state index is -0.481. The van der Waals surface area contributed by atoms with Gasteiger partial charge in [0.15, 0.2) is 0 Å². The number of hydrogen-bond acceptors (Lipinski definition) is 4. The molecule has 100 valence electrons. The van der Waals surface area contributed by atoms with Crippen molar-refractivity contribution in [2.45, 2.75) is 33.6 Å². The zero-order valence-electron chi connectivity index (χ0n) is 11.2. The Morgan fingerprint density at radius 2 is 1.82 bits per heavy atom. The number of nitrogens with zero attached hydrogens (tertiary/aromatic N) is 1. The van der Waals surface area contributed by atoms with Crippen LogP contribution in [0.1, 0.15) is 33.6 Å². The van der Waals surface area contributed by atoms with Crippen LogP contribution in [-0.2, 0) is 14.3 Å². The number of rotatable bonds is 6. The maximum atomic E-state index is 12.1. The molecule has 0 aromatic rings. The van der Waals surface area contributed by atoms with Crippen molar-refractivity contribution in [2.24, 2.45) is 5.41 Å². The molecule has 0 radical (unpaired) electrons. The van der Waals surface area contributed by atoms with Gasteiger partial charge in [0.25, 0.3) is 0 Å². The van der Waals surface area contributed by atoms with E-state index < -0.39 is 5.41 Å². The van der Waals surface area contributed by atoms with Gasteiger partial charge in [-0.2, -0.15) is 0 Å². The van der Waals surface area contributed by atoms with Crippen molar-refractivity contribution >= 4 is 11.9 Å². The van der Waals surface area contributed by atoms with Crippen LogP contribution in [0.15, 0.2) is 0 Å². The van der Waals surface area contributed by atoms with E-state index in [0.29, 0.717) is 19.5 Å². The number of aliphatic hydroxyl groups is 1. The van der Waals surface area contributed by atoms with E-state index in [4.69, 9.17) is 5.11 Å². The molecule has 0 unspecified atom stereocenters. The van der Waals surface area contributed by atoms with E-state index in [1.807, 2.05) is 20.8 Å². The van der Waals surface area contributed by atoms with Gasteiger partial charge in [-0.15, -0.1) is 0 Å². The standard InChI is InChI=1S/C12H23NO4/c1-12(2,3)11(16)13(7-5-9-14)8-6-10(15)17-4/h14H,5-9H2,1-4H3. The van der Waals surface area contributed by atoms with E-state index >= 15 is 0 Å². The molecule has 0 atom stereocenters. The third-order valence-corrected chi connectivity index (χ3v) is 2.33. The van der Waals surface area contributed by atoms with Gasteiger partial charge in [0.2, 0.25) is 5.91 Å². The van der Waals surface area contributed by atoms with Crippen LogP contribution in [-0.4, -0.2) is 48.7 Å². The predicted molar refractivity (Wildman–Crippen MR) is 64.4 cm³/mol. The van der Waals surface area contributed by atoms with Crippen molar-refractivity contribution in [3.8, 4) is 0 Å². The molecule has 0 aromatic carbocycles. The summed E-state index contributed by atoms with van der Waals surface area (Å²) < 4.78 is 4.54. The van der Waals surface area contributed by atoms with Crippen molar-refractivity contribution in [1.82, 2.24) is 4.90 Å². The molecular formula is C12H23NO4. The average Bonchev–Trinajstić information content (AvgIpc) is 2.26. The van der Waals surface area contributed by atoms with Gasteiger partial charge >= 0.3 is 5.97 Å². The third-order valence-electron chi connectivity index (χ3n) is 2.33. The quantitative estimate of drug-likeness (QED) is 0.703. The molecule has 0 bridgehead atoms. The number of amides is 1. The lowest BCUT2D eigenvalue weighted by Crippen LogP contribution is -2.41. The largest absolute Gasteiger partial charge is 0.469 e. The molecule has 0 aliphatic rings. The van der Waals surface area contributed by atoms with Gasteiger partial charge in [-0.1, -0.05) is 20.8 Å². The van der Waals surface area contributed by atoms with Crippen LogP contribution in [0.25, 0.3) is 0 Å². The van der Waals surface area contributed by atoms with Crippen molar-refractivity contribution in [3.63, 3.8) is 0 Å². The number of carbonyl (C=O) groups excluding carboxylic acids is 2. The van der Waals surface area contributed by atoms with Crippen LogP contribution in [0.3, 0.4) is 0 Å². The summed E-state index contributed by atoms with van der Waals surface area (Å²) >= 11 is 0. The lowest BCUT2D eigenvalue weighted by atomic mass is 9.94. The molecule has 0 saturated carbocycles. The lowest BCUT2D eigenvalue weighted by Gasteiger charge is -2.29. The first-order valence-corrected chi connectivity index (χ1v) is 5.80. The molecule has 0 aliphatic carbocycles. The highest BCUT2D eigenvalue weighted by atomic mass is 16.5. The summed E-state index contributed by atoms with van der Waals surface area (Å²) in [6, 6.07) is 0. The molecule has 17 heavy (non-hydrogen) atoms. The number of aliphatic hydroxyl groups excluding tert-OH is 1. The second-order valence-electron chi connectivity index (χ2n) is 4.95. The smallest absolute Gasteiger partial charge is 0.307 e. The first-order chi connectivity index (χ1) is 7.82. The Hall–Kier alpha value is -1.10. The van der Waals surface area contributed by atoms with Crippen molar-refractivity contribution < 1.29 is 19.4 Å². The van der Waals surface area contributed by atoms with Gasteiger partial charge < -0.3 is 14.7 Å². The Bertz CT molecular complexity index is 258. The molecule has 5 nitrogen and oxygen atoms in total. The number of carbonyl (C=O) groups is 2. The van der Waals surface area contributed by atoms with Crippen LogP contribution in [0, 0.1) is 5.41 Å². The summed E-state index contributed by atoms with van der Waals surface area (Å²) in [4.78, 5) is 24.7. The fourth-order valence-electron chi connectivity index (χ4n) is 1.38. The topological polar surface area (TPSA) is 66.8 Å². The molecule has 0 heterocycles. The number of hydrogen-bond donors (Lipinski definition) is 1. The van der Waals surface area contributed by atoms with Crippen molar-refractivity contribution in [1.29, 1.82) is 0 Å². The summed E-state index contributed by atoms with van der Waals surface area (Å²) in [6.07, 6.45) is 0.701. The molecule has 0 aliphatic heterocycles. The Labute approximate surface area is 103 Å². The van der Waals surface area contributed by atoms with Gasteiger partial charge in [-0.05, 0) is 6.42 Å². The van der Waals surface area contributed by atoms with E-state index in [0.717, 1.165) is 0 Å². The average molecular weight is 245 g/mol. The second-order valence-corrected chi connectivity index (χ2v) is 4.95. The van der Waals surface area contributed by atoms with Crippen LogP contribution in [0.5, 0.6) is 0 Å². The SMILES string of the molecule is COC(=O)CCN(CCCO)C(=O)C(C)(C)C. The van der Waals surface area contributed by atoms with E-state index in [1.54, 1.807) is 4.90 Å². The fourth-order valence-corrected chi connectivity index (χ4v) is 1.38. The molecule has 1 amide bonds. The van der Waals surface area contributed by atoms with Crippen molar-refractivity contribution in [3.05, 3.63) is 0 Å². The lowest BCUT2D eigenvalue weighted by molar-refractivity contribution is -0.143. The molecule has 0 aromatic heterocycles. The third kappa shape index (κ3) is 6.26. The monoisotopic (exact) mass is 245 g/mol. The van der Waals surface area contributed by atoms with E-state index in [1.165, 1.54) is 7.11 Å². The minimum Gasteiger partial charge on any atom is -0.469 e. The van der Waals surface area contributed by atoms with Crippen molar-refractivity contribution in [2.75, 3.05) is 26.8 Å². The molecule has 5 heteroatoms. The number of methoxy groups -OCH3 is 1. The summed E-state index contributed by atoms with van der Waals surface area (Å²) in [5.74, 6) is -0.351. The van der Waals surface area contributed by atoms with Gasteiger partial charge in [-0.25, -0.2) is 0 Å². The molecular weight excluding hydrogens is 222 g/mol. The first-order valence-electron chi connectivity index (χ1n) is 5.80. The highest BCUT2D eigenvalue weighted by Crippen LogP contribution is 2.17. The summed E-state index contributed by atoms with van der Waals surface area (Å²) in [5, 5.41) is 8.79. The Morgan fingerprint density at radius 1 is 1.24 bits per heavy atom. The molecule has 0 spiro atoms. The fraction of sp³-hybridized carbons (Fsp3) is 0.833. The van der Waals surface area contributed by atoms with Crippen LogP contribution in [0.4, 0.5) is 0 Å². The second kappa shape index (κ2) is 7.27. The highest BCUT2D eigenvalue weighted by Gasteiger charge is 2.27. The van der Waals surface area contributed by atoms with E-state index in [9.17, 15) is 9.59 Å². The number of esters is 1. The van der Waals surface area contributed by atoms with Crippen LogP contribution >= 0.6 is 0 Å². The maximum Gasteiger partial charge on any atom is 0.307 e. The molecule has 0 rings (SSSR count). The summed E-state index contributed by atoms with van der Waals surface area (Å²) in [7, 11) is 1.33.